The zero-order valence-electron chi connectivity index (χ0n) is 6.74. The average molecular weight is 179 g/mol. The van der Waals surface area contributed by atoms with E-state index in [9.17, 15) is 4.79 Å². The van der Waals surface area contributed by atoms with Crippen molar-refractivity contribution in [1.29, 1.82) is 5.41 Å². The van der Waals surface area contributed by atoms with Crippen LogP contribution in [-0.4, -0.2) is 16.7 Å². The fourth-order valence-electron chi connectivity index (χ4n) is 0.802. The van der Waals surface area contributed by atoms with Gasteiger partial charge < -0.3 is 5.73 Å². The Kier molecular flexibility index (Phi) is 2.56. The van der Waals surface area contributed by atoms with Crippen LogP contribution >= 0.6 is 0 Å². The lowest BCUT2D eigenvalue weighted by molar-refractivity contribution is 0.0953. The van der Waals surface area contributed by atoms with E-state index in [1.54, 1.807) is 0 Å². The molecule has 0 aromatic carbocycles. The molecule has 0 saturated heterocycles. The standard InChI is InChI=1S/C7H9N5O/c8-6(9)5-3-4(1-2-11-5)7(13)12-10/h1-3H,10H2,(H3,8,9)(H,12,13). The largest absolute Gasteiger partial charge is 0.382 e. The van der Waals surface area contributed by atoms with Crippen LogP contribution in [0.1, 0.15) is 16.1 Å². The first-order valence-electron chi connectivity index (χ1n) is 3.46. The Morgan fingerprint density at radius 3 is 2.85 bits per heavy atom. The van der Waals surface area contributed by atoms with Gasteiger partial charge in [-0.3, -0.25) is 20.6 Å². The molecule has 0 aliphatic rings. The van der Waals surface area contributed by atoms with Gasteiger partial charge in [-0.2, -0.15) is 0 Å². The van der Waals surface area contributed by atoms with E-state index in [0.29, 0.717) is 5.56 Å². The highest BCUT2D eigenvalue weighted by Gasteiger charge is 2.05. The number of carbonyl (C=O) groups is 1. The highest BCUT2D eigenvalue weighted by Crippen LogP contribution is 2.00. The quantitative estimate of drug-likeness (QED) is 0.152. The van der Waals surface area contributed by atoms with Crippen LogP contribution in [0.25, 0.3) is 0 Å². The molecule has 1 aromatic rings. The molecule has 0 bridgehead atoms. The second-order valence-corrected chi connectivity index (χ2v) is 2.32. The summed E-state index contributed by atoms with van der Waals surface area (Å²) in [6.45, 7) is 0. The molecule has 0 atom stereocenters. The number of nitrogens with two attached hydrogens (primary N) is 2. The number of carbonyl (C=O) groups excluding carboxylic acids is 1. The van der Waals surface area contributed by atoms with Crippen LogP contribution in [0.3, 0.4) is 0 Å². The molecule has 0 spiro atoms. The molecule has 1 aromatic heterocycles. The molecule has 1 rings (SSSR count). The molecule has 1 amide bonds. The maximum Gasteiger partial charge on any atom is 0.265 e. The Labute approximate surface area is 74.4 Å². The smallest absolute Gasteiger partial charge is 0.265 e. The van der Waals surface area contributed by atoms with Gasteiger partial charge in [0.1, 0.15) is 11.5 Å². The van der Waals surface area contributed by atoms with Crippen molar-refractivity contribution in [3.8, 4) is 0 Å². The Bertz CT molecular complexity index is 348. The van der Waals surface area contributed by atoms with Gasteiger partial charge in [-0.1, -0.05) is 0 Å². The first-order chi connectivity index (χ1) is 6.15. The third-order valence-corrected chi connectivity index (χ3v) is 1.43. The van der Waals surface area contributed by atoms with E-state index in [-0.39, 0.29) is 11.5 Å². The summed E-state index contributed by atoms with van der Waals surface area (Å²) in [4.78, 5) is 14.8. The number of nitrogen functional groups attached to an aromatic ring is 2. The SMILES string of the molecule is N=C(N)c1cc(C(=O)NN)ccn1. The van der Waals surface area contributed by atoms with E-state index in [0.717, 1.165) is 0 Å². The van der Waals surface area contributed by atoms with Gasteiger partial charge in [0.05, 0.1) is 0 Å². The predicted molar refractivity (Wildman–Crippen MR) is 46.9 cm³/mol. The lowest BCUT2D eigenvalue weighted by Crippen LogP contribution is -2.30. The topological polar surface area (TPSA) is 118 Å². The van der Waals surface area contributed by atoms with Crippen molar-refractivity contribution in [2.24, 2.45) is 11.6 Å². The number of nitrogens with one attached hydrogen (secondary N) is 2. The van der Waals surface area contributed by atoms with Crippen molar-refractivity contribution < 1.29 is 4.79 Å². The summed E-state index contributed by atoms with van der Waals surface area (Å²) < 4.78 is 0. The van der Waals surface area contributed by atoms with Crippen LogP contribution in [0, 0.1) is 5.41 Å². The lowest BCUT2D eigenvalue weighted by atomic mass is 10.2. The molecule has 0 fully saturated rings. The highest BCUT2D eigenvalue weighted by atomic mass is 16.2. The average Bonchev–Trinajstić information content (AvgIpc) is 2.17. The van der Waals surface area contributed by atoms with Crippen molar-refractivity contribution in [2.75, 3.05) is 0 Å². The minimum Gasteiger partial charge on any atom is -0.382 e. The normalized spacial score (nSPS) is 9.31. The van der Waals surface area contributed by atoms with Gasteiger partial charge in [0.2, 0.25) is 0 Å². The van der Waals surface area contributed by atoms with Crippen molar-refractivity contribution in [1.82, 2.24) is 10.4 Å². The number of amides is 1. The van der Waals surface area contributed by atoms with Crippen molar-refractivity contribution in [3.63, 3.8) is 0 Å². The third kappa shape index (κ3) is 2.00. The van der Waals surface area contributed by atoms with Crippen LogP contribution in [-0.2, 0) is 0 Å². The van der Waals surface area contributed by atoms with Gasteiger partial charge >= 0.3 is 0 Å². The van der Waals surface area contributed by atoms with Gasteiger partial charge in [0.25, 0.3) is 5.91 Å². The summed E-state index contributed by atoms with van der Waals surface area (Å²) in [6.07, 6.45) is 1.39. The van der Waals surface area contributed by atoms with E-state index in [1.807, 2.05) is 5.43 Å². The molecule has 0 saturated carbocycles. The lowest BCUT2D eigenvalue weighted by Gasteiger charge is -2.00. The molecule has 6 nitrogen and oxygen atoms in total. The van der Waals surface area contributed by atoms with Crippen LogP contribution in [0.2, 0.25) is 0 Å². The monoisotopic (exact) mass is 179 g/mol. The number of amidine groups is 1. The summed E-state index contributed by atoms with van der Waals surface area (Å²) in [5.41, 5.74) is 7.72. The fourth-order valence-corrected chi connectivity index (χ4v) is 0.802. The number of hydrogen-bond acceptors (Lipinski definition) is 4. The first-order valence-corrected chi connectivity index (χ1v) is 3.46. The van der Waals surface area contributed by atoms with E-state index in [4.69, 9.17) is 17.0 Å². The van der Waals surface area contributed by atoms with E-state index >= 15 is 0 Å². The number of aromatic nitrogens is 1. The Morgan fingerprint density at radius 1 is 1.62 bits per heavy atom. The molecule has 1 heterocycles. The first kappa shape index (κ1) is 9.14. The molecule has 0 aliphatic heterocycles. The fraction of sp³-hybridized carbons (Fsp3) is 0. The molecule has 6 heteroatoms. The third-order valence-electron chi connectivity index (χ3n) is 1.43. The number of hydrazine groups is 1. The van der Waals surface area contributed by atoms with Crippen molar-refractivity contribution in [2.45, 2.75) is 0 Å². The van der Waals surface area contributed by atoms with E-state index in [2.05, 4.69) is 4.98 Å². The molecule has 6 N–H and O–H groups in total. The number of nitrogens with zero attached hydrogens (tertiary/aromatic N) is 1. The van der Waals surface area contributed by atoms with Gasteiger partial charge in [-0.25, -0.2) is 5.84 Å². The molecular formula is C7H9N5O. The number of rotatable bonds is 2. The zero-order chi connectivity index (χ0) is 9.84. The molecule has 13 heavy (non-hydrogen) atoms. The number of hydrogen-bond donors (Lipinski definition) is 4. The van der Waals surface area contributed by atoms with E-state index < -0.39 is 5.91 Å². The summed E-state index contributed by atoms with van der Waals surface area (Å²) in [5.74, 6) is 4.30. The summed E-state index contributed by atoms with van der Waals surface area (Å²) >= 11 is 0. The van der Waals surface area contributed by atoms with Gasteiger partial charge in [-0.15, -0.1) is 0 Å². The van der Waals surface area contributed by atoms with Gasteiger partial charge in [0, 0.05) is 11.8 Å². The Hall–Kier alpha value is -1.95. The van der Waals surface area contributed by atoms with Crippen LogP contribution in [0.15, 0.2) is 18.3 Å². The van der Waals surface area contributed by atoms with Crippen LogP contribution < -0.4 is 17.0 Å². The predicted octanol–water partition coefficient (Wildman–Crippen LogP) is -1.03. The number of pyridine rings is 1. The maximum atomic E-state index is 11.0. The van der Waals surface area contributed by atoms with E-state index in [1.165, 1.54) is 18.3 Å². The van der Waals surface area contributed by atoms with Crippen LogP contribution in [0.5, 0.6) is 0 Å². The Morgan fingerprint density at radius 2 is 2.31 bits per heavy atom. The second kappa shape index (κ2) is 3.63. The summed E-state index contributed by atoms with van der Waals surface area (Å²) in [6, 6.07) is 2.87. The molecule has 0 unspecified atom stereocenters. The maximum absolute atomic E-state index is 11.0. The minimum absolute atomic E-state index is 0.188. The van der Waals surface area contributed by atoms with Crippen molar-refractivity contribution >= 4 is 11.7 Å². The Balaban J connectivity index is 3.05. The molecule has 0 radical (unpaired) electrons. The second-order valence-electron chi connectivity index (χ2n) is 2.32. The minimum atomic E-state index is -0.440. The molecule has 68 valence electrons. The highest BCUT2D eigenvalue weighted by molar-refractivity contribution is 5.98. The molecular weight excluding hydrogens is 170 g/mol. The zero-order valence-corrected chi connectivity index (χ0v) is 6.74. The summed E-state index contributed by atoms with van der Waals surface area (Å²) in [7, 11) is 0. The van der Waals surface area contributed by atoms with Gasteiger partial charge in [0.15, 0.2) is 0 Å². The van der Waals surface area contributed by atoms with Crippen LogP contribution in [0.4, 0.5) is 0 Å². The summed E-state index contributed by atoms with van der Waals surface area (Å²) in [5, 5.41) is 7.08. The van der Waals surface area contributed by atoms with Gasteiger partial charge in [-0.05, 0) is 12.1 Å². The van der Waals surface area contributed by atoms with Crippen molar-refractivity contribution in [3.05, 3.63) is 29.6 Å². The molecule has 0 aliphatic carbocycles.